The number of aliphatic carboxylic acids is 4. The monoisotopic (exact) mass is 817 g/mol. The highest BCUT2D eigenvalue weighted by Gasteiger charge is 2.34. The van der Waals surface area contributed by atoms with Crippen LogP contribution in [0.25, 0.3) is 0 Å². The third-order valence-corrected chi connectivity index (χ3v) is 8.00. The lowest BCUT2D eigenvalue weighted by Crippen LogP contribution is -2.60. The number of carbonyl (C=O) groups is 11. The molecule has 322 valence electrons. The molecule has 0 aliphatic rings. The zero-order valence-corrected chi connectivity index (χ0v) is 32.1. The first kappa shape index (κ1) is 51.1. The lowest BCUT2D eigenvalue weighted by atomic mass is 10.0. The molecule has 0 aliphatic heterocycles. The molecule has 0 aromatic carbocycles. The minimum Gasteiger partial charge on any atom is -0.481 e. The average molecular weight is 818 g/mol. The van der Waals surface area contributed by atoms with E-state index < -0.39 is 152 Å². The third kappa shape index (κ3) is 20.5. The average Bonchev–Trinajstić information content (AvgIpc) is 3.11. The number of nitrogens with two attached hydrogens (primary N) is 2. The lowest BCUT2D eigenvalue weighted by molar-refractivity contribution is -0.143. The van der Waals surface area contributed by atoms with E-state index in [9.17, 15) is 68.1 Å². The molecule has 0 spiro atoms. The van der Waals surface area contributed by atoms with Crippen LogP contribution < -0.4 is 48.7 Å². The van der Waals surface area contributed by atoms with E-state index in [2.05, 4.69) is 37.2 Å². The summed E-state index contributed by atoms with van der Waals surface area (Å²) < 4.78 is 0. The van der Waals surface area contributed by atoms with E-state index in [-0.39, 0.29) is 6.42 Å². The van der Waals surface area contributed by atoms with Gasteiger partial charge >= 0.3 is 23.9 Å². The van der Waals surface area contributed by atoms with Crippen LogP contribution in [0.5, 0.6) is 0 Å². The minimum atomic E-state index is -1.83. The summed E-state index contributed by atoms with van der Waals surface area (Å²) in [5.41, 5.74) is 10.6. The molecular formula is C33H55N9O15. The van der Waals surface area contributed by atoms with Crippen molar-refractivity contribution < 1.29 is 73.2 Å². The van der Waals surface area contributed by atoms with Crippen LogP contribution in [0.4, 0.5) is 0 Å². The predicted octanol–water partition coefficient (Wildman–Crippen LogP) is -4.69. The maximum absolute atomic E-state index is 13.4. The van der Waals surface area contributed by atoms with Gasteiger partial charge in [-0.2, -0.15) is 0 Å². The summed E-state index contributed by atoms with van der Waals surface area (Å²) in [5, 5.41) is 52.8. The predicted molar refractivity (Wildman–Crippen MR) is 195 cm³/mol. The van der Waals surface area contributed by atoms with Gasteiger partial charge in [0.05, 0.1) is 25.9 Å². The summed E-state index contributed by atoms with van der Waals surface area (Å²) in [7, 11) is 0. The molecule has 0 saturated heterocycles. The Morgan fingerprint density at radius 3 is 1.42 bits per heavy atom. The van der Waals surface area contributed by atoms with E-state index in [1.54, 1.807) is 13.8 Å². The van der Waals surface area contributed by atoms with Crippen molar-refractivity contribution in [3.05, 3.63) is 0 Å². The Morgan fingerprint density at radius 1 is 0.491 bits per heavy atom. The summed E-state index contributed by atoms with van der Waals surface area (Å²) in [6, 6.07) is -9.31. The highest BCUT2D eigenvalue weighted by molar-refractivity contribution is 5.98. The molecule has 0 fully saturated rings. The molecule has 0 aliphatic carbocycles. The topological polar surface area (TPSA) is 405 Å². The van der Waals surface area contributed by atoms with Crippen LogP contribution in [0.3, 0.4) is 0 Å². The van der Waals surface area contributed by atoms with E-state index in [1.165, 1.54) is 13.8 Å². The first-order valence-corrected chi connectivity index (χ1v) is 17.9. The van der Waals surface area contributed by atoms with Gasteiger partial charge in [-0.3, -0.25) is 47.9 Å². The fourth-order valence-electron chi connectivity index (χ4n) is 4.94. The molecule has 0 unspecified atom stereocenters. The smallest absolute Gasteiger partial charge is 0.326 e. The molecule has 24 nitrogen and oxygen atoms in total. The molecule has 0 saturated carbocycles. The molecule has 0 aromatic rings. The van der Waals surface area contributed by atoms with Crippen molar-refractivity contribution in [2.24, 2.45) is 23.3 Å². The van der Waals surface area contributed by atoms with Crippen LogP contribution in [-0.4, -0.2) is 142 Å². The largest absolute Gasteiger partial charge is 0.481 e. The normalized spacial score (nSPS) is 14.0. The Bertz CT molecular complexity index is 1470. The van der Waals surface area contributed by atoms with Gasteiger partial charge in [0.2, 0.25) is 41.4 Å². The van der Waals surface area contributed by atoms with Crippen LogP contribution in [0.1, 0.15) is 72.6 Å². The quantitative estimate of drug-likeness (QED) is 0.0330. The van der Waals surface area contributed by atoms with Gasteiger partial charge in [-0.05, 0) is 44.1 Å². The number of rotatable bonds is 28. The Labute approximate surface area is 327 Å². The number of nitrogens with one attached hydrogen (secondary N) is 7. The van der Waals surface area contributed by atoms with E-state index in [0.717, 1.165) is 0 Å². The first-order valence-electron chi connectivity index (χ1n) is 17.9. The molecule has 0 aromatic heterocycles. The summed E-state index contributed by atoms with van der Waals surface area (Å²) >= 11 is 0. The van der Waals surface area contributed by atoms with Gasteiger partial charge in [0.1, 0.15) is 36.3 Å². The van der Waals surface area contributed by atoms with Gasteiger partial charge in [-0.1, -0.05) is 27.7 Å². The number of carboxylic acids is 4. The van der Waals surface area contributed by atoms with Crippen molar-refractivity contribution in [2.75, 3.05) is 19.6 Å². The highest BCUT2D eigenvalue weighted by Crippen LogP contribution is 2.09. The number of hydrogen-bond donors (Lipinski definition) is 13. The third-order valence-electron chi connectivity index (χ3n) is 8.00. The van der Waals surface area contributed by atoms with Crippen LogP contribution in [0.2, 0.25) is 0 Å². The summed E-state index contributed by atoms with van der Waals surface area (Å²) in [5.74, 6) is -14.4. The zero-order chi connectivity index (χ0) is 44.0. The van der Waals surface area contributed by atoms with Crippen molar-refractivity contribution >= 4 is 65.2 Å². The van der Waals surface area contributed by atoms with Gasteiger partial charge in [-0.15, -0.1) is 0 Å². The molecule has 0 rings (SSSR count). The molecular weight excluding hydrogens is 762 g/mol. The van der Waals surface area contributed by atoms with Gasteiger partial charge < -0.3 is 69.1 Å². The summed E-state index contributed by atoms with van der Waals surface area (Å²) in [6.45, 7) is 4.90. The Balaban J connectivity index is 5.93. The second-order valence-corrected chi connectivity index (χ2v) is 13.5. The molecule has 57 heavy (non-hydrogen) atoms. The van der Waals surface area contributed by atoms with Crippen molar-refractivity contribution in [3.63, 3.8) is 0 Å². The molecule has 6 atom stereocenters. The van der Waals surface area contributed by atoms with Crippen LogP contribution in [-0.2, 0) is 52.7 Å². The lowest BCUT2D eigenvalue weighted by Gasteiger charge is -2.27. The Hall–Kier alpha value is -5.91. The van der Waals surface area contributed by atoms with Gasteiger partial charge in [-0.25, -0.2) is 4.79 Å². The van der Waals surface area contributed by atoms with E-state index in [0.29, 0.717) is 19.4 Å². The zero-order valence-electron chi connectivity index (χ0n) is 32.1. The number of amides is 7. The molecule has 0 bridgehead atoms. The Morgan fingerprint density at radius 2 is 0.965 bits per heavy atom. The van der Waals surface area contributed by atoms with Crippen LogP contribution in [0, 0.1) is 11.8 Å². The molecule has 0 heterocycles. The standard InChI is InChI=1S/C33H55N9O15/c1-15(2)26(31(54)39-18(33(56)57)7-5-6-10-34)41-22(44)14-36-28(51)19(11-24(47)48)40-32(55)27(16(3)4)42-29(52)17(8-9-23(45)46)38-30(53)20(12-25(49)50)37-21(43)13-35/h15-20,26-27H,5-14,34-35H2,1-4H3,(H,36,51)(H,37,43)(H,38,53)(H,39,54)(H,40,55)(H,41,44)(H,42,52)(H,45,46)(H,47,48)(H,49,50)(H,56,57)/t17-,18-,19-,20-,26-,27-/m0/s1. The van der Waals surface area contributed by atoms with Crippen molar-refractivity contribution in [1.29, 1.82) is 0 Å². The van der Waals surface area contributed by atoms with E-state index in [1.807, 2.05) is 0 Å². The molecule has 24 heteroatoms. The SMILES string of the molecule is CC(C)[C@H](NC(=O)CNC(=O)[C@H](CC(=O)O)NC(=O)[C@@H](NC(=O)[C@H](CCC(=O)O)NC(=O)[C@H](CC(=O)O)NC(=O)CN)C(C)C)C(=O)N[C@@H](CCCCN)C(=O)O. The van der Waals surface area contributed by atoms with Gasteiger partial charge in [0.25, 0.3) is 0 Å². The fraction of sp³-hybridized carbons (Fsp3) is 0.667. The summed E-state index contributed by atoms with van der Waals surface area (Å²) in [6.07, 6.45) is -2.18. The highest BCUT2D eigenvalue weighted by atomic mass is 16.4. The first-order chi connectivity index (χ1) is 26.5. The van der Waals surface area contributed by atoms with Crippen molar-refractivity contribution in [3.8, 4) is 0 Å². The van der Waals surface area contributed by atoms with Crippen molar-refractivity contribution in [2.45, 2.75) is 109 Å². The second kappa shape index (κ2) is 26.0. The maximum Gasteiger partial charge on any atom is 0.326 e. The number of unbranched alkanes of at least 4 members (excludes halogenated alkanes) is 1. The summed E-state index contributed by atoms with van der Waals surface area (Å²) in [4.78, 5) is 136. The van der Waals surface area contributed by atoms with Crippen molar-refractivity contribution in [1.82, 2.24) is 37.2 Å². The molecule has 7 amide bonds. The second-order valence-electron chi connectivity index (χ2n) is 13.5. The van der Waals surface area contributed by atoms with Crippen LogP contribution in [0.15, 0.2) is 0 Å². The van der Waals surface area contributed by atoms with Crippen LogP contribution >= 0.6 is 0 Å². The number of carbonyl (C=O) groups excluding carboxylic acids is 7. The number of hydrogen-bond acceptors (Lipinski definition) is 13. The van der Waals surface area contributed by atoms with E-state index in [4.69, 9.17) is 16.6 Å². The fourth-order valence-corrected chi connectivity index (χ4v) is 4.94. The van der Waals surface area contributed by atoms with E-state index >= 15 is 0 Å². The molecule has 0 radical (unpaired) electrons. The van der Waals surface area contributed by atoms with Gasteiger partial charge in [0.15, 0.2) is 0 Å². The maximum atomic E-state index is 13.4. The molecule has 15 N–H and O–H groups in total. The Kier molecular flexibility index (Phi) is 23.3. The number of carboxylic acid groups (broad SMARTS) is 4. The van der Waals surface area contributed by atoms with Gasteiger partial charge in [0, 0.05) is 6.42 Å². The minimum absolute atomic E-state index is 0.0819.